The lowest BCUT2D eigenvalue weighted by atomic mass is 10.1. The fourth-order valence-corrected chi connectivity index (χ4v) is 3.12. The average molecular weight is 381 g/mol. The molecule has 3 aromatic rings. The molecule has 0 saturated heterocycles. The number of hydrogen-bond acceptors (Lipinski definition) is 6. The maximum atomic E-state index is 13.4. The Morgan fingerprint density at radius 1 is 1.11 bits per heavy atom. The van der Waals surface area contributed by atoms with Crippen molar-refractivity contribution in [3.8, 4) is 11.4 Å². The summed E-state index contributed by atoms with van der Waals surface area (Å²) in [6.45, 7) is 5.35. The molecule has 0 bridgehead atoms. The molecule has 7 nitrogen and oxygen atoms in total. The van der Waals surface area contributed by atoms with Crippen LogP contribution in [0.5, 0.6) is 5.75 Å². The Bertz CT molecular complexity index is 1070. The van der Waals surface area contributed by atoms with Crippen molar-refractivity contribution in [3.05, 3.63) is 58.4 Å². The summed E-state index contributed by atoms with van der Waals surface area (Å²) in [6.07, 6.45) is 0. The van der Waals surface area contributed by atoms with E-state index in [1.165, 1.54) is 7.11 Å². The highest BCUT2D eigenvalue weighted by molar-refractivity contribution is 5.94. The fraction of sp³-hybridized carbons (Fsp3) is 0.286. The van der Waals surface area contributed by atoms with Gasteiger partial charge in [-0.15, -0.1) is 0 Å². The molecule has 0 aliphatic carbocycles. The average Bonchev–Trinajstić information content (AvgIpc) is 2.73. The number of carbonyl (C=O) groups is 1. The van der Waals surface area contributed by atoms with Crippen LogP contribution >= 0.6 is 0 Å². The largest absolute Gasteiger partial charge is 0.497 e. The van der Waals surface area contributed by atoms with Crippen LogP contribution in [-0.2, 0) is 4.74 Å². The van der Waals surface area contributed by atoms with E-state index in [1.54, 1.807) is 35.9 Å². The highest BCUT2D eigenvalue weighted by atomic mass is 16.5. The Morgan fingerprint density at radius 3 is 2.50 bits per heavy atom. The van der Waals surface area contributed by atoms with E-state index in [2.05, 4.69) is 0 Å². The first kappa shape index (κ1) is 19.4. The van der Waals surface area contributed by atoms with Gasteiger partial charge in [0.2, 0.25) is 5.95 Å². The number of aromatic nitrogens is 2. The van der Waals surface area contributed by atoms with Crippen LogP contribution in [0.2, 0.25) is 0 Å². The summed E-state index contributed by atoms with van der Waals surface area (Å²) < 4.78 is 11.7. The van der Waals surface area contributed by atoms with Crippen molar-refractivity contribution >= 4 is 22.8 Å². The van der Waals surface area contributed by atoms with Crippen molar-refractivity contribution in [1.82, 2.24) is 9.55 Å². The van der Waals surface area contributed by atoms with Crippen molar-refractivity contribution in [3.63, 3.8) is 0 Å². The number of carbonyl (C=O) groups excluding carboxylic acids is 1. The molecule has 0 unspecified atom stereocenters. The maximum Gasteiger partial charge on any atom is 0.337 e. The summed E-state index contributed by atoms with van der Waals surface area (Å²) in [7, 11) is 2.90. The number of ether oxygens (including phenoxy) is 2. The molecular formula is C21H23N3O4. The van der Waals surface area contributed by atoms with E-state index in [4.69, 9.17) is 14.5 Å². The van der Waals surface area contributed by atoms with Crippen LogP contribution in [0.4, 0.5) is 5.95 Å². The van der Waals surface area contributed by atoms with Crippen LogP contribution in [0.25, 0.3) is 16.6 Å². The zero-order valence-electron chi connectivity index (χ0n) is 16.4. The Kier molecular flexibility index (Phi) is 5.63. The predicted molar refractivity (Wildman–Crippen MR) is 109 cm³/mol. The molecule has 0 saturated carbocycles. The van der Waals surface area contributed by atoms with Gasteiger partial charge in [-0.3, -0.25) is 4.79 Å². The van der Waals surface area contributed by atoms with Crippen LogP contribution in [0.1, 0.15) is 24.2 Å². The molecule has 0 N–H and O–H groups in total. The number of methoxy groups -OCH3 is 2. The molecule has 7 heteroatoms. The van der Waals surface area contributed by atoms with Gasteiger partial charge in [-0.2, -0.15) is 0 Å². The third kappa shape index (κ3) is 3.43. The first-order chi connectivity index (χ1) is 13.5. The van der Waals surface area contributed by atoms with Crippen LogP contribution in [-0.4, -0.2) is 42.8 Å². The van der Waals surface area contributed by atoms with Gasteiger partial charge in [-0.25, -0.2) is 14.3 Å². The van der Waals surface area contributed by atoms with Gasteiger partial charge in [-0.05, 0) is 44.2 Å². The SMILES string of the molecule is CCN(CC)c1nc2cc(C(=O)OC)ccc2c(=O)n1-c1cccc(OC)c1. The smallest absolute Gasteiger partial charge is 0.337 e. The molecule has 2 aromatic carbocycles. The van der Waals surface area contributed by atoms with E-state index in [0.717, 1.165) is 0 Å². The number of hydrogen-bond donors (Lipinski definition) is 0. The number of nitrogens with zero attached hydrogens (tertiary/aromatic N) is 3. The Labute approximate surface area is 163 Å². The molecule has 0 amide bonds. The normalized spacial score (nSPS) is 10.7. The number of rotatable bonds is 6. The van der Waals surface area contributed by atoms with Crippen molar-refractivity contribution in [2.24, 2.45) is 0 Å². The van der Waals surface area contributed by atoms with Gasteiger partial charge < -0.3 is 14.4 Å². The molecule has 0 aliphatic heterocycles. The Balaban J connectivity index is 2.34. The van der Waals surface area contributed by atoms with E-state index >= 15 is 0 Å². The van der Waals surface area contributed by atoms with E-state index < -0.39 is 5.97 Å². The summed E-state index contributed by atoms with van der Waals surface area (Å²) in [4.78, 5) is 32.0. The molecule has 1 heterocycles. The highest BCUT2D eigenvalue weighted by Gasteiger charge is 2.18. The first-order valence-electron chi connectivity index (χ1n) is 9.08. The molecule has 28 heavy (non-hydrogen) atoms. The minimum atomic E-state index is -0.468. The number of benzene rings is 2. The van der Waals surface area contributed by atoms with Gasteiger partial charge in [-0.1, -0.05) is 6.07 Å². The Hall–Kier alpha value is -3.35. The minimum absolute atomic E-state index is 0.212. The van der Waals surface area contributed by atoms with Crippen molar-refractivity contribution in [2.75, 3.05) is 32.2 Å². The van der Waals surface area contributed by atoms with Crippen LogP contribution < -0.4 is 15.2 Å². The quantitative estimate of drug-likeness (QED) is 0.611. The molecule has 0 aliphatic rings. The summed E-state index contributed by atoms with van der Waals surface area (Å²) in [5.41, 5.74) is 1.26. The van der Waals surface area contributed by atoms with Crippen molar-refractivity contribution in [1.29, 1.82) is 0 Å². The topological polar surface area (TPSA) is 73.7 Å². The van der Waals surface area contributed by atoms with Crippen LogP contribution in [0.3, 0.4) is 0 Å². The standard InChI is InChI=1S/C21H23N3O4/c1-5-23(6-2)21-22-18-12-14(20(26)28-4)10-11-17(18)19(25)24(21)15-8-7-9-16(13-15)27-3/h7-13H,5-6H2,1-4H3. The molecule has 0 radical (unpaired) electrons. The maximum absolute atomic E-state index is 13.4. The summed E-state index contributed by atoms with van der Waals surface area (Å²) in [5, 5.41) is 0.423. The summed E-state index contributed by atoms with van der Waals surface area (Å²) >= 11 is 0. The number of anilines is 1. The van der Waals surface area contributed by atoms with E-state index in [0.29, 0.717) is 46.9 Å². The zero-order valence-corrected chi connectivity index (χ0v) is 16.4. The first-order valence-corrected chi connectivity index (χ1v) is 9.08. The second-order valence-electron chi connectivity index (χ2n) is 6.15. The van der Waals surface area contributed by atoms with Crippen molar-refractivity contribution < 1.29 is 14.3 Å². The molecule has 0 fully saturated rings. The van der Waals surface area contributed by atoms with Crippen LogP contribution in [0, 0.1) is 0 Å². The van der Waals surface area contributed by atoms with Gasteiger partial charge in [0.05, 0.1) is 36.4 Å². The summed E-state index contributed by atoms with van der Waals surface area (Å²) in [6, 6.07) is 12.1. The molecule has 0 spiro atoms. The van der Waals surface area contributed by atoms with E-state index in [-0.39, 0.29) is 5.56 Å². The minimum Gasteiger partial charge on any atom is -0.497 e. The third-order valence-electron chi connectivity index (χ3n) is 4.63. The lowest BCUT2D eigenvalue weighted by Gasteiger charge is -2.24. The molecule has 3 rings (SSSR count). The van der Waals surface area contributed by atoms with E-state index in [9.17, 15) is 9.59 Å². The van der Waals surface area contributed by atoms with Gasteiger partial charge >= 0.3 is 5.97 Å². The second kappa shape index (κ2) is 8.12. The molecule has 146 valence electrons. The third-order valence-corrected chi connectivity index (χ3v) is 4.63. The van der Waals surface area contributed by atoms with Gasteiger partial charge in [0.15, 0.2) is 0 Å². The molecular weight excluding hydrogens is 358 g/mol. The number of esters is 1. The monoisotopic (exact) mass is 381 g/mol. The lowest BCUT2D eigenvalue weighted by Crippen LogP contribution is -2.32. The van der Waals surface area contributed by atoms with Gasteiger partial charge in [0.1, 0.15) is 5.75 Å². The van der Waals surface area contributed by atoms with Crippen LogP contribution in [0.15, 0.2) is 47.3 Å². The lowest BCUT2D eigenvalue weighted by molar-refractivity contribution is 0.0601. The summed E-state index contributed by atoms with van der Waals surface area (Å²) in [5.74, 6) is 0.693. The predicted octanol–water partition coefficient (Wildman–Crippen LogP) is 3.03. The fourth-order valence-electron chi connectivity index (χ4n) is 3.12. The Morgan fingerprint density at radius 2 is 1.86 bits per heavy atom. The molecule has 1 aromatic heterocycles. The van der Waals surface area contributed by atoms with Crippen molar-refractivity contribution in [2.45, 2.75) is 13.8 Å². The zero-order chi connectivity index (χ0) is 20.3. The second-order valence-corrected chi connectivity index (χ2v) is 6.15. The highest BCUT2D eigenvalue weighted by Crippen LogP contribution is 2.23. The van der Waals surface area contributed by atoms with E-state index in [1.807, 2.05) is 36.9 Å². The molecule has 0 atom stereocenters. The van der Waals surface area contributed by atoms with Gasteiger partial charge in [0.25, 0.3) is 5.56 Å². The van der Waals surface area contributed by atoms with Gasteiger partial charge in [0, 0.05) is 19.2 Å². The number of fused-ring (bicyclic) bond motifs is 1.